The number of aromatic nitrogens is 3. The van der Waals surface area contributed by atoms with E-state index < -0.39 is 0 Å². The minimum absolute atomic E-state index is 0.0149. The van der Waals surface area contributed by atoms with Crippen LogP contribution in [0.4, 0.5) is 5.13 Å². The third-order valence-corrected chi connectivity index (χ3v) is 6.49. The van der Waals surface area contributed by atoms with Gasteiger partial charge in [-0.25, -0.2) is 4.98 Å². The largest absolute Gasteiger partial charge is 0.348 e. The first-order chi connectivity index (χ1) is 13.2. The lowest BCUT2D eigenvalue weighted by molar-refractivity contribution is -0.137. The molecule has 9 heteroatoms. The normalized spacial score (nSPS) is 18.6. The number of likely N-dealkylation sites (tertiary alicyclic amines) is 1. The van der Waals surface area contributed by atoms with Gasteiger partial charge in [0.15, 0.2) is 10.8 Å². The maximum Gasteiger partial charge on any atom is 0.274 e. The summed E-state index contributed by atoms with van der Waals surface area (Å²) in [4.78, 5) is 38.0. The summed E-state index contributed by atoms with van der Waals surface area (Å²) in [6.45, 7) is 3.31. The fraction of sp³-hybridized carbons (Fsp3) is 0.611. The van der Waals surface area contributed by atoms with Crippen LogP contribution >= 0.6 is 11.3 Å². The van der Waals surface area contributed by atoms with Crippen molar-refractivity contribution in [3.05, 3.63) is 16.7 Å². The van der Waals surface area contributed by atoms with E-state index in [-0.39, 0.29) is 18.0 Å². The summed E-state index contributed by atoms with van der Waals surface area (Å²) in [5.74, 6) is 0.402. The summed E-state index contributed by atoms with van der Waals surface area (Å²) in [6.07, 6.45) is 6.47. The van der Waals surface area contributed by atoms with Crippen molar-refractivity contribution in [3.63, 3.8) is 0 Å². The molecule has 2 aliphatic heterocycles. The van der Waals surface area contributed by atoms with Crippen molar-refractivity contribution in [1.29, 1.82) is 5.26 Å². The number of amides is 1. The first-order valence-corrected chi connectivity index (χ1v) is 10.3. The molecule has 2 aliphatic rings. The molecule has 2 saturated heterocycles. The molecule has 4 rings (SSSR count). The highest BCUT2D eigenvalue weighted by atomic mass is 32.1. The zero-order chi connectivity index (χ0) is 18.8. The summed E-state index contributed by atoms with van der Waals surface area (Å²) < 4.78 is 1.78. The number of piperidine rings is 2. The maximum atomic E-state index is 12.7. The number of carbonyl (C=O) groups is 1. The third kappa shape index (κ3) is 3.54. The smallest absolute Gasteiger partial charge is 0.274 e. The van der Waals surface area contributed by atoms with Crippen LogP contribution < -0.4 is 10.5 Å². The predicted octanol–water partition coefficient (Wildman–Crippen LogP) is 1.61. The highest BCUT2D eigenvalue weighted by molar-refractivity contribution is 7.22. The van der Waals surface area contributed by atoms with E-state index in [0.717, 1.165) is 57.0 Å². The number of thiazole rings is 1. The summed E-state index contributed by atoms with van der Waals surface area (Å²) in [5.41, 5.74) is 0.209. The van der Waals surface area contributed by atoms with Gasteiger partial charge < -0.3 is 9.80 Å². The zero-order valence-electron chi connectivity index (χ0n) is 15.1. The Kier molecular flexibility index (Phi) is 5.07. The van der Waals surface area contributed by atoms with Gasteiger partial charge in [0, 0.05) is 32.1 Å². The average molecular weight is 386 g/mol. The topological polar surface area (TPSA) is 95.1 Å². The Bertz CT molecular complexity index is 931. The van der Waals surface area contributed by atoms with Gasteiger partial charge in [-0.05, 0) is 32.1 Å². The molecule has 8 nitrogen and oxygen atoms in total. The van der Waals surface area contributed by atoms with E-state index in [9.17, 15) is 9.59 Å². The molecule has 142 valence electrons. The number of hydrogen-bond donors (Lipinski definition) is 0. The highest BCUT2D eigenvalue weighted by Crippen LogP contribution is 2.30. The molecule has 4 heterocycles. The molecule has 0 atom stereocenters. The van der Waals surface area contributed by atoms with E-state index in [1.165, 1.54) is 28.7 Å². The van der Waals surface area contributed by atoms with Gasteiger partial charge in [-0.2, -0.15) is 10.2 Å². The van der Waals surface area contributed by atoms with Gasteiger partial charge in [0.05, 0.1) is 6.07 Å². The van der Waals surface area contributed by atoms with E-state index >= 15 is 0 Å². The first-order valence-electron chi connectivity index (χ1n) is 9.44. The van der Waals surface area contributed by atoms with Crippen molar-refractivity contribution < 1.29 is 4.79 Å². The van der Waals surface area contributed by atoms with Gasteiger partial charge in [-0.1, -0.05) is 11.3 Å². The van der Waals surface area contributed by atoms with Crippen LogP contribution in [0, 0.1) is 17.2 Å². The van der Waals surface area contributed by atoms with Gasteiger partial charge in [0.1, 0.15) is 17.6 Å². The van der Waals surface area contributed by atoms with Crippen molar-refractivity contribution in [1.82, 2.24) is 19.4 Å². The molecule has 2 aromatic heterocycles. The second-order valence-electron chi connectivity index (χ2n) is 7.13. The van der Waals surface area contributed by atoms with Gasteiger partial charge in [-0.3, -0.25) is 14.2 Å². The molecule has 1 amide bonds. The summed E-state index contributed by atoms with van der Waals surface area (Å²) in [7, 11) is 0. The van der Waals surface area contributed by atoms with Gasteiger partial charge in [0.2, 0.25) is 5.91 Å². The standard InChI is InChI=1S/C18H22N6O2S/c19-6-11-24-12-20-15-14(17(24)26)27-18(21-15)23-9-4-13(5-10-23)16(25)22-7-2-1-3-8-22/h12-13H,1-5,7-11H2. The van der Waals surface area contributed by atoms with E-state index in [1.807, 2.05) is 11.0 Å². The van der Waals surface area contributed by atoms with Crippen LogP contribution in [-0.4, -0.2) is 51.5 Å². The number of fused-ring (bicyclic) bond motifs is 1. The molecule has 0 saturated carbocycles. The minimum atomic E-state index is -0.222. The second-order valence-corrected chi connectivity index (χ2v) is 8.11. The number of nitrogens with zero attached hydrogens (tertiary/aromatic N) is 6. The lowest BCUT2D eigenvalue weighted by Crippen LogP contribution is -2.44. The Morgan fingerprint density at radius 3 is 2.67 bits per heavy atom. The van der Waals surface area contributed by atoms with Crippen LogP contribution in [0.2, 0.25) is 0 Å². The Labute approximate surface area is 161 Å². The number of anilines is 1. The van der Waals surface area contributed by atoms with Crippen molar-refractivity contribution in [2.75, 3.05) is 31.1 Å². The van der Waals surface area contributed by atoms with Crippen molar-refractivity contribution in [2.45, 2.75) is 38.6 Å². The molecule has 0 unspecified atom stereocenters. The van der Waals surface area contributed by atoms with Gasteiger partial charge >= 0.3 is 0 Å². The Hall–Kier alpha value is -2.47. The molecule has 27 heavy (non-hydrogen) atoms. The van der Waals surface area contributed by atoms with Gasteiger partial charge in [-0.15, -0.1) is 0 Å². The predicted molar refractivity (Wildman–Crippen MR) is 103 cm³/mol. The molecule has 0 aromatic carbocycles. The molecular weight excluding hydrogens is 364 g/mol. The molecule has 0 bridgehead atoms. The van der Waals surface area contributed by atoms with E-state index in [0.29, 0.717) is 16.3 Å². The number of nitriles is 1. The van der Waals surface area contributed by atoms with Crippen LogP contribution in [0.5, 0.6) is 0 Å². The number of rotatable bonds is 3. The molecule has 0 radical (unpaired) electrons. The third-order valence-electron chi connectivity index (χ3n) is 5.40. The first kappa shape index (κ1) is 17.9. The molecular formula is C18H22N6O2S. The van der Waals surface area contributed by atoms with Crippen molar-refractivity contribution >= 4 is 32.7 Å². The number of hydrogen-bond acceptors (Lipinski definition) is 7. The van der Waals surface area contributed by atoms with Crippen LogP contribution in [0.3, 0.4) is 0 Å². The van der Waals surface area contributed by atoms with Crippen LogP contribution in [-0.2, 0) is 11.3 Å². The Balaban J connectivity index is 1.45. The Morgan fingerprint density at radius 2 is 1.96 bits per heavy atom. The fourth-order valence-electron chi connectivity index (χ4n) is 3.85. The average Bonchev–Trinajstić information content (AvgIpc) is 3.16. The van der Waals surface area contributed by atoms with Crippen molar-refractivity contribution in [2.24, 2.45) is 5.92 Å². The second kappa shape index (κ2) is 7.64. The fourth-order valence-corrected chi connectivity index (χ4v) is 4.87. The van der Waals surface area contributed by atoms with Crippen molar-refractivity contribution in [3.8, 4) is 6.07 Å². The van der Waals surface area contributed by atoms with Gasteiger partial charge in [0.25, 0.3) is 5.56 Å². The summed E-state index contributed by atoms with van der Waals surface area (Å²) in [6, 6.07) is 1.96. The SMILES string of the molecule is N#CCn1cnc2nc(N3CCC(C(=O)N4CCCCC4)CC3)sc2c1=O. The summed E-state index contributed by atoms with van der Waals surface area (Å²) >= 11 is 1.32. The molecule has 0 aliphatic carbocycles. The monoisotopic (exact) mass is 386 g/mol. The lowest BCUT2D eigenvalue weighted by atomic mass is 9.94. The molecule has 2 aromatic rings. The minimum Gasteiger partial charge on any atom is -0.348 e. The maximum absolute atomic E-state index is 12.7. The van der Waals surface area contributed by atoms with E-state index in [4.69, 9.17) is 5.26 Å². The highest BCUT2D eigenvalue weighted by Gasteiger charge is 2.30. The zero-order valence-corrected chi connectivity index (χ0v) is 16.0. The molecule has 0 N–H and O–H groups in total. The lowest BCUT2D eigenvalue weighted by Gasteiger charge is -2.35. The van der Waals surface area contributed by atoms with Crippen LogP contribution in [0.1, 0.15) is 32.1 Å². The Morgan fingerprint density at radius 1 is 1.22 bits per heavy atom. The van der Waals surface area contributed by atoms with Crippen LogP contribution in [0.15, 0.2) is 11.1 Å². The van der Waals surface area contributed by atoms with E-state index in [2.05, 4.69) is 14.9 Å². The number of carbonyl (C=O) groups excluding carboxylic acids is 1. The summed E-state index contributed by atoms with van der Waals surface area (Å²) in [5, 5.41) is 9.57. The van der Waals surface area contributed by atoms with Crippen LogP contribution in [0.25, 0.3) is 10.3 Å². The molecule has 2 fully saturated rings. The quantitative estimate of drug-likeness (QED) is 0.795. The molecule has 0 spiro atoms. The van der Waals surface area contributed by atoms with E-state index in [1.54, 1.807) is 0 Å².